The predicted molar refractivity (Wildman–Crippen MR) is 49.8 cm³/mol. The number of ether oxygens (including phenoxy) is 2. The first-order valence-electron chi connectivity index (χ1n) is 4.65. The van der Waals surface area contributed by atoms with E-state index in [2.05, 4.69) is 9.97 Å². The Balaban J connectivity index is 2.00. The van der Waals surface area contributed by atoms with Crippen LogP contribution in [-0.4, -0.2) is 29.3 Å². The minimum Gasteiger partial charge on any atom is -0.458 e. The van der Waals surface area contributed by atoms with Crippen molar-refractivity contribution >= 4 is 0 Å². The molecule has 1 aliphatic heterocycles. The summed E-state index contributed by atoms with van der Waals surface area (Å²) in [5.74, 6) is 0. The van der Waals surface area contributed by atoms with Crippen LogP contribution >= 0.6 is 0 Å². The zero-order valence-corrected chi connectivity index (χ0v) is 7.85. The highest BCUT2D eigenvalue weighted by Gasteiger charge is 2.18. The van der Waals surface area contributed by atoms with Crippen LogP contribution in [0.25, 0.3) is 0 Å². The molecule has 1 atom stereocenters. The molecule has 0 amide bonds. The van der Waals surface area contributed by atoms with Gasteiger partial charge in [-0.05, 0) is 6.07 Å². The molecule has 1 saturated heterocycles. The van der Waals surface area contributed by atoms with Crippen molar-refractivity contribution in [2.75, 3.05) is 13.2 Å². The maximum Gasteiger partial charge on any atom is 0.316 e. The Kier molecular flexibility index (Phi) is 2.90. The molecule has 0 radical (unpaired) electrons. The molecule has 2 heterocycles. The summed E-state index contributed by atoms with van der Waals surface area (Å²) in [6.45, 7) is 1.78. The van der Waals surface area contributed by atoms with Crippen LogP contribution < -0.4 is 10.5 Å². The average Bonchev–Trinajstić information content (AvgIpc) is 2.71. The van der Waals surface area contributed by atoms with Crippen LogP contribution in [0.4, 0.5) is 0 Å². The standard InChI is InChI=1S/C9H13N3O2/c10-5-7-1-3-11-9(12-7)14-8-2-4-13-6-8/h1,3,8H,2,4-6,10H2. The zero-order valence-electron chi connectivity index (χ0n) is 7.85. The van der Waals surface area contributed by atoms with Gasteiger partial charge in [0.2, 0.25) is 0 Å². The molecule has 76 valence electrons. The Bertz CT molecular complexity index is 300. The van der Waals surface area contributed by atoms with Crippen molar-refractivity contribution in [3.05, 3.63) is 18.0 Å². The first kappa shape index (κ1) is 9.36. The van der Waals surface area contributed by atoms with Crippen LogP contribution in [0.15, 0.2) is 12.3 Å². The van der Waals surface area contributed by atoms with Crippen molar-refractivity contribution in [1.29, 1.82) is 0 Å². The highest BCUT2D eigenvalue weighted by molar-refractivity contribution is 5.05. The van der Waals surface area contributed by atoms with E-state index in [-0.39, 0.29) is 6.10 Å². The molecule has 1 aromatic heterocycles. The smallest absolute Gasteiger partial charge is 0.316 e. The lowest BCUT2D eigenvalue weighted by molar-refractivity contribution is 0.134. The average molecular weight is 195 g/mol. The number of hydrogen-bond acceptors (Lipinski definition) is 5. The van der Waals surface area contributed by atoms with Crippen molar-refractivity contribution in [2.45, 2.75) is 19.1 Å². The topological polar surface area (TPSA) is 70.3 Å². The zero-order chi connectivity index (χ0) is 9.80. The van der Waals surface area contributed by atoms with Gasteiger partial charge in [-0.1, -0.05) is 0 Å². The second kappa shape index (κ2) is 4.34. The molecule has 2 N–H and O–H groups in total. The summed E-state index contributed by atoms with van der Waals surface area (Å²) in [4.78, 5) is 8.15. The highest BCUT2D eigenvalue weighted by Crippen LogP contribution is 2.11. The highest BCUT2D eigenvalue weighted by atomic mass is 16.6. The molecule has 0 saturated carbocycles. The van der Waals surface area contributed by atoms with E-state index in [1.54, 1.807) is 12.3 Å². The van der Waals surface area contributed by atoms with Gasteiger partial charge in [0.15, 0.2) is 0 Å². The Hall–Kier alpha value is -1.20. The molecule has 0 bridgehead atoms. The Morgan fingerprint density at radius 3 is 3.29 bits per heavy atom. The summed E-state index contributed by atoms with van der Waals surface area (Å²) in [5.41, 5.74) is 6.24. The van der Waals surface area contributed by atoms with Crippen molar-refractivity contribution < 1.29 is 9.47 Å². The van der Waals surface area contributed by atoms with Crippen LogP contribution in [0.2, 0.25) is 0 Å². The van der Waals surface area contributed by atoms with E-state index in [4.69, 9.17) is 15.2 Å². The summed E-state index contributed by atoms with van der Waals surface area (Å²) >= 11 is 0. The molecule has 1 aliphatic rings. The third-order valence-electron chi connectivity index (χ3n) is 2.06. The molecule has 14 heavy (non-hydrogen) atoms. The molecule has 5 nitrogen and oxygen atoms in total. The predicted octanol–water partition coefficient (Wildman–Crippen LogP) is 0.103. The number of rotatable bonds is 3. The SMILES string of the molecule is NCc1ccnc(OC2CCOC2)n1. The molecule has 2 rings (SSSR count). The second-order valence-corrected chi connectivity index (χ2v) is 3.14. The summed E-state index contributed by atoms with van der Waals surface area (Å²) in [7, 11) is 0. The van der Waals surface area contributed by atoms with E-state index in [9.17, 15) is 0 Å². The first-order valence-corrected chi connectivity index (χ1v) is 4.65. The van der Waals surface area contributed by atoms with E-state index < -0.39 is 0 Å². The van der Waals surface area contributed by atoms with Gasteiger partial charge in [-0.3, -0.25) is 0 Å². The van der Waals surface area contributed by atoms with Crippen molar-refractivity contribution in [3.8, 4) is 6.01 Å². The Labute approximate surface area is 82.3 Å². The number of aromatic nitrogens is 2. The number of nitrogens with two attached hydrogens (primary N) is 1. The van der Waals surface area contributed by atoms with Gasteiger partial charge in [0.1, 0.15) is 6.10 Å². The monoisotopic (exact) mass is 195 g/mol. The van der Waals surface area contributed by atoms with Crippen molar-refractivity contribution in [2.24, 2.45) is 5.73 Å². The molecule has 1 aromatic rings. The lowest BCUT2D eigenvalue weighted by Gasteiger charge is -2.09. The fourth-order valence-corrected chi connectivity index (χ4v) is 1.30. The summed E-state index contributed by atoms with van der Waals surface area (Å²) in [5, 5.41) is 0. The minimum atomic E-state index is 0.0861. The molecular weight excluding hydrogens is 182 g/mol. The molecule has 5 heteroatoms. The molecule has 0 spiro atoms. The van der Waals surface area contributed by atoms with Gasteiger partial charge < -0.3 is 15.2 Å². The van der Waals surface area contributed by atoms with Crippen molar-refractivity contribution in [3.63, 3.8) is 0 Å². The fourth-order valence-electron chi connectivity index (χ4n) is 1.30. The van der Waals surface area contributed by atoms with E-state index in [1.165, 1.54) is 0 Å². The van der Waals surface area contributed by atoms with E-state index in [1.807, 2.05) is 0 Å². The normalized spacial score (nSPS) is 21.1. The first-order chi connectivity index (χ1) is 6.88. The summed E-state index contributed by atoms with van der Waals surface area (Å²) in [6, 6.07) is 2.17. The lowest BCUT2D eigenvalue weighted by Crippen LogP contribution is -2.17. The lowest BCUT2D eigenvalue weighted by atomic mass is 10.3. The number of hydrogen-bond donors (Lipinski definition) is 1. The Morgan fingerprint density at radius 2 is 2.57 bits per heavy atom. The third kappa shape index (κ3) is 2.18. The van der Waals surface area contributed by atoms with E-state index >= 15 is 0 Å². The molecule has 0 aliphatic carbocycles. The van der Waals surface area contributed by atoms with Gasteiger partial charge in [0, 0.05) is 19.2 Å². The van der Waals surface area contributed by atoms with Crippen molar-refractivity contribution in [1.82, 2.24) is 9.97 Å². The van der Waals surface area contributed by atoms with Crippen LogP contribution in [0.3, 0.4) is 0 Å². The second-order valence-electron chi connectivity index (χ2n) is 3.14. The van der Waals surface area contributed by atoms with Gasteiger partial charge in [0.25, 0.3) is 0 Å². The van der Waals surface area contributed by atoms with Gasteiger partial charge in [-0.2, -0.15) is 4.98 Å². The fraction of sp³-hybridized carbons (Fsp3) is 0.556. The van der Waals surface area contributed by atoms with Gasteiger partial charge >= 0.3 is 6.01 Å². The van der Waals surface area contributed by atoms with Crippen LogP contribution in [0.5, 0.6) is 6.01 Å². The van der Waals surface area contributed by atoms with Gasteiger partial charge in [0.05, 0.1) is 18.9 Å². The summed E-state index contributed by atoms with van der Waals surface area (Å²) in [6.07, 6.45) is 2.64. The maximum atomic E-state index is 5.52. The molecular formula is C9H13N3O2. The Morgan fingerprint density at radius 1 is 1.64 bits per heavy atom. The van der Waals surface area contributed by atoms with Crippen LogP contribution in [0.1, 0.15) is 12.1 Å². The van der Waals surface area contributed by atoms with E-state index in [0.717, 1.165) is 18.7 Å². The van der Waals surface area contributed by atoms with Gasteiger partial charge in [-0.15, -0.1) is 0 Å². The summed E-state index contributed by atoms with van der Waals surface area (Å²) < 4.78 is 10.7. The molecule has 0 aromatic carbocycles. The maximum absolute atomic E-state index is 5.52. The van der Waals surface area contributed by atoms with Crippen LogP contribution in [0, 0.1) is 0 Å². The molecule has 1 fully saturated rings. The van der Waals surface area contributed by atoms with Gasteiger partial charge in [-0.25, -0.2) is 4.98 Å². The largest absolute Gasteiger partial charge is 0.458 e. The molecule has 1 unspecified atom stereocenters. The minimum absolute atomic E-state index is 0.0861. The number of nitrogens with zero attached hydrogens (tertiary/aromatic N) is 2. The quantitative estimate of drug-likeness (QED) is 0.740. The van der Waals surface area contributed by atoms with E-state index in [0.29, 0.717) is 19.2 Å². The van der Waals surface area contributed by atoms with Crippen LogP contribution in [-0.2, 0) is 11.3 Å². The third-order valence-corrected chi connectivity index (χ3v) is 2.06.